The Bertz CT molecular complexity index is 403. The van der Waals surface area contributed by atoms with E-state index in [4.69, 9.17) is 9.84 Å². The molecule has 1 fully saturated rings. The fourth-order valence-corrected chi connectivity index (χ4v) is 2.82. The number of halogens is 1. The summed E-state index contributed by atoms with van der Waals surface area (Å²) in [4.78, 5) is 24.1. The van der Waals surface area contributed by atoms with Crippen LogP contribution in [-0.2, 0) is 4.74 Å². The number of ether oxygens (including phenoxy) is 1. The molecule has 1 rings (SSSR count). The van der Waals surface area contributed by atoms with E-state index in [1.54, 1.807) is 20.8 Å². The van der Waals surface area contributed by atoms with Gasteiger partial charge in [-0.1, -0.05) is 0 Å². The number of hydrogen-bond acceptors (Lipinski definition) is 3. The van der Waals surface area contributed by atoms with E-state index in [1.165, 1.54) is 7.05 Å². The zero-order valence-corrected chi connectivity index (χ0v) is 14.5. The van der Waals surface area contributed by atoms with E-state index in [-0.39, 0.29) is 12.6 Å². The molecule has 0 aromatic rings. The first-order chi connectivity index (χ1) is 10.6. The van der Waals surface area contributed by atoms with E-state index < -0.39 is 24.0 Å². The molecule has 0 unspecified atom stereocenters. The van der Waals surface area contributed by atoms with Crippen molar-refractivity contribution < 1.29 is 23.8 Å². The first kappa shape index (κ1) is 19.5. The average Bonchev–Trinajstić information content (AvgIpc) is 2.38. The zero-order chi connectivity index (χ0) is 17.6. The van der Waals surface area contributed by atoms with Gasteiger partial charge in [-0.2, -0.15) is 0 Å². The molecule has 134 valence electrons. The first-order valence-electron chi connectivity index (χ1n) is 8.14. The molecule has 0 aromatic carbocycles. The van der Waals surface area contributed by atoms with Crippen LogP contribution in [0.2, 0.25) is 0 Å². The second kappa shape index (κ2) is 8.36. The second-order valence-electron chi connectivity index (χ2n) is 7.36. The SMILES string of the molecule is CN(C[C@@H](CC1CCC(F)CC1)NC(=O)OC(C)(C)C)C(=O)O. The Balaban J connectivity index is 2.61. The summed E-state index contributed by atoms with van der Waals surface area (Å²) < 4.78 is 18.5. The van der Waals surface area contributed by atoms with Crippen LogP contribution in [0.15, 0.2) is 0 Å². The largest absolute Gasteiger partial charge is 0.465 e. The molecule has 0 aliphatic heterocycles. The molecule has 0 aromatic heterocycles. The normalized spacial score (nSPS) is 23.0. The number of likely N-dealkylation sites (N-methyl/N-ethyl adjacent to an activating group) is 1. The number of hydrogen-bond donors (Lipinski definition) is 2. The smallest absolute Gasteiger partial charge is 0.407 e. The van der Waals surface area contributed by atoms with Crippen LogP contribution in [0.1, 0.15) is 52.9 Å². The maximum absolute atomic E-state index is 13.2. The maximum atomic E-state index is 13.2. The lowest BCUT2D eigenvalue weighted by Crippen LogP contribution is -2.46. The van der Waals surface area contributed by atoms with Gasteiger partial charge < -0.3 is 20.1 Å². The molecule has 7 heteroatoms. The van der Waals surface area contributed by atoms with E-state index in [2.05, 4.69) is 5.32 Å². The standard InChI is InChI=1S/C16H29FN2O4/c1-16(2,3)23-14(20)18-13(10-19(4)15(21)22)9-11-5-7-12(17)8-6-11/h11-13H,5-10H2,1-4H3,(H,18,20)(H,21,22)/t11?,12?,13-/m1/s1. The summed E-state index contributed by atoms with van der Waals surface area (Å²) in [6.07, 6.45) is 0.912. The summed E-state index contributed by atoms with van der Waals surface area (Å²) >= 11 is 0. The first-order valence-corrected chi connectivity index (χ1v) is 8.14. The molecule has 2 N–H and O–H groups in total. The van der Waals surface area contributed by atoms with Crippen LogP contribution in [0.5, 0.6) is 0 Å². The Kier molecular flexibility index (Phi) is 7.09. The molecular weight excluding hydrogens is 303 g/mol. The number of rotatable bonds is 5. The van der Waals surface area contributed by atoms with Gasteiger partial charge in [-0.05, 0) is 58.8 Å². The number of alkyl halides is 1. The Hall–Kier alpha value is -1.53. The molecule has 6 nitrogen and oxygen atoms in total. The van der Waals surface area contributed by atoms with Crippen molar-refractivity contribution >= 4 is 12.2 Å². The molecular formula is C16H29FN2O4. The quantitative estimate of drug-likeness (QED) is 0.808. The van der Waals surface area contributed by atoms with E-state index in [0.717, 1.165) is 17.7 Å². The van der Waals surface area contributed by atoms with Crippen LogP contribution in [0, 0.1) is 5.92 Å². The molecule has 23 heavy (non-hydrogen) atoms. The molecule has 1 aliphatic rings. The number of alkyl carbamates (subject to hydrolysis) is 1. The number of carbonyl (C=O) groups excluding carboxylic acids is 1. The Morgan fingerprint density at radius 3 is 2.35 bits per heavy atom. The van der Waals surface area contributed by atoms with E-state index >= 15 is 0 Å². The molecule has 1 atom stereocenters. The Labute approximate surface area is 137 Å². The van der Waals surface area contributed by atoms with Crippen LogP contribution < -0.4 is 5.32 Å². The molecule has 2 amide bonds. The number of nitrogens with one attached hydrogen (secondary N) is 1. The molecule has 0 bridgehead atoms. The second-order valence-corrected chi connectivity index (χ2v) is 7.36. The average molecular weight is 332 g/mol. The third-order valence-corrected chi connectivity index (χ3v) is 3.94. The highest BCUT2D eigenvalue weighted by Gasteiger charge is 2.27. The molecule has 1 saturated carbocycles. The van der Waals surface area contributed by atoms with Crippen molar-refractivity contribution in [1.29, 1.82) is 0 Å². The monoisotopic (exact) mass is 332 g/mol. The van der Waals surface area contributed by atoms with Crippen LogP contribution in [0.25, 0.3) is 0 Å². The van der Waals surface area contributed by atoms with Gasteiger partial charge in [0.15, 0.2) is 0 Å². The van der Waals surface area contributed by atoms with Crippen molar-refractivity contribution in [3.05, 3.63) is 0 Å². The highest BCUT2D eigenvalue weighted by molar-refractivity contribution is 5.68. The minimum atomic E-state index is -1.05. The van der Waals surface area contributed by atoms with Crippen LogP contribution in [0.4, 0.5) is 14.0 Å². The molecule has 0 spiro atoms. The van der Waals surface area contributed by atoms with Gasteiger partial charge in [0, 0.05) is 13.6 Å². The fraction of sp³-hybridized carbons (Fsp3) is 0.875. The van der Waals surface area contributed by atoms with Gasteiger partial charge in [0.1, 0.15) is 11.8 Å². The third kappa shape index (κ3) is 8.04. The Morgan fingerprint density at radius 2 is 1.87 bits per heavy atom. The summed E-state index contributed by atoms with van der Waals surface area (Å²) in [5.41, 5.74) is -0.611. The third-order valence-electron chi connectivity index (χ3n) is 3.94. The van der Waals surface area contributed by atoms with Crippen LogP contribution in [-0.4, -0.2) is 53.6 Å². The van der Waals surface area contributed by atoms with E-state index in [1.807, 2.05) is 0 Å². The van der Waals surface area contributed by atoms with Crippen LogP contribution in [0.3, 0.4) is 0 Å². The van der Waals surface area contributed by atoms with Gasteiger partial charge in [0.05, 0.1) is 6.04 Å². The predicted octanol–water partition coefficient (Wildman–Crippen LogP) is 3.41. The minimum Gasteiger partial charge on any atom is -0.465 e. The van der Waals surface area contributed by atoms with Crippen LogP contribution >= 0.6 is 0 Å². The number of carboxylic acid groups (broad SMARTS) is 1. The lowest BCUT2D eigenvalue weighted by atomic mass is 9.84. The summed E-state index contributed by atoms with van der Waals surface area (Å²) in [5.74, 6) is 0.295. The number of amides is 2. The minimum absolute atomic E-state index is 0.185. The van der Waals surface area contributed by atoms with Gasteiger partial charge in [-0.15, -0.1) is 0 Å². The van der Waals surface area contributed by atoms with Crippen molar-refractivity contribution in [2.24, 2.45) is 5.92 Å². The lowest BCUT2D eigenvalue weighted by Gasteiger charge is -2.31. The lowest BCUT2D eigenvalue weighted by molar-refractivity contribution is 0.0478. The van der Waals surface area contributed by atoms with E-state index in [0.29, 0.717) is 25.2 Å². The van der Waals surface area contributed by atoms with Crippen molar-refractivity contribution in [2.75, 3.05) is 13.6 Å². The fourth-order valence-electron chi connectivity index (χ4n) is 2.82. The predicted molar refractivity (Wildman–Crippen MR) is 85.3 cm³/mol. The molecule has 0 heterocycles. The summed E-state index contributed by atoms with van der Waals surface area (Å²) in [6, 6.07) is -0.341. The maximum Gasteiger partial charge on any atom is 0.407 e. The highest BCUT2D eigenvalue weighted by atomic mass is 19.1. The van der Waals surface area contributed by atoms with Crippen molar-refractivity contribution in [3.8, 4) is 0 Å². The van der Waals surface area contributed by atoms with Gasteiger partial charge >= 0.3 is 12.2 Å². The summed E-state index contributed by atoms with van der Waals surface area (Å²) in [6.45, 7) is 5.50. The number of carbonyl (C=O) groups is 2. The summed E-state index contributed by atoms with van der Waals surface area (Å²) in [7, 11) is 1.46. The molecule has 0 radical (unpaired) electrons. The highest BCUT2D eigenvalue weighted by Crippen LogP contribution is 2.29. The summed E-state index contributed by atoms with van der Waals surface area (Å²) in [5, 5.41) is 11.8. The van der Waals surface area contributed by atoms with Gasteiger partial charge in [-0.3, -0.25) is 0 Å². The Morgan fingerprint density at radius 1 is 1.30 bits per heavy atom. The number of nitrogens with zero attached hydrogens (tertiary/aromatic N) is 1. The van der Waals surface area contributed by atoms with Crippen molar-refractivity contribution in [3.63, 3.8) is 0 Å². The molecule has 1 aliphatic carbocycles. The van der Waals surface area contributed by atoms with E-state index in [9.17, 15) is 14.0 Å². The molecule has 0 saturated heterocycles. The van der Waals surface area contributed by atoms with Gasteiger partial charge in [-0.25, -0.2) is 14.0 Å². The topological polar surface area (TPSA) is 78.9 Å². The van der Waals surface area contributed by atoms with Crippen molar-refractivity contribution in [2.45, 2.75) is 70.7 Å². The zero-order valence-electron chi connectivity index (χ0n) is 14.5. The van der Waals surface area contributed by atoms with Gasteiger partial charge in [0.25, 0.3) is 0 Å². The van der Waals surface area contributed by atoms with Gasteiger partial charge in [0.2, 0.25) is 0 Å². The van der Waals surface area contributed by atoms with Crippen molar-refractivity contribution in [1.82, 2.24) is 10.2 Å².